The Bertz CT molecular complexity index is 1020. The van der Waals surface area contributed by atoms with E-state index in [1.165, 1.54) is 0 Å². The molecule has 1 heterocycles. The number of hydrogen-bond donors (Lipinski definition) is 0. The van der Waals surface area contributed by atoms with Crippen molar-refractivity contribution in [2.24, 2.45) is 4.99 Å². The van der Waals surface area contributed by atoms with Gasteiger partial charge in [0.1, 0.15) is 5.75 Å². The standard InChI is InChI=1S/C21H17ClINO4/c1-4-18(25)27-19-11(2)7-13(8-12(19)3)9-17-21(26)28-20(24-17)15-10-14(23)5-6-16(15)22/h5-10H,4H2,1-3H3/b17-9-. The second-order valence-corrected chi connectivity index (χ2v) is 7.92. The number of esters is 2. The third kappa shape index (κ3) is 4.44. The van der Waals surface area contributed by atoms with Crippen molar-refractivity contribution >= 4 is 58.1 Å². The molecule has 5 nitrogen and oxygen atoms in total. The minimum Gasteiger partial charge on any atom is -0.426 e. The van der Waals surface area contributed by atoms with Crippen molar-refractivity contribution < 1.29 is 19.1 Å². The van der Waals surface area contributed by atoms with Gasteiger partial charge in [-0.1, -0.05) is 18.5 Å². The Balaban J connectivity index is 1.95. The number of benzene rings is 2. The van der Waals surface area contributed by atoms with E-state index in [0.29, 0.717) is 22.8 Å². The van der Waals surface area contributed by atoms with Crippen molar-refractivity contribution in [2.75, 3.05) is 0 Å². The molecule has 2 aromatic carbocycles. The number of halogens is 2. The lowest BCUT2D eigenvalue weighted by atomic mass is 10.0. The number of rotatable bonds is 4. The van der Waals surface area contributed by atoms with Crippen LogP contribution in [-0.2, 0) is 14.3 Å². The highest BCUT2D eigenvalue weighted by Gasteiger charge is 2.26. The number of aryl methyl sites for hydroxylation is 2. The van der Waals surface area contributed by atoms with E-state index in [4.69, 9.17) is 21.1 Å². The van der Waals surface area contributed by atoms with Gasteiger partial charge in [0.25, 0.3) is 0 Å². The van der Waals surface area contributed by atoms with E-state index in [1.54, 1.807) is 19.1 Å². The van der Waals surface area contributed by atoms with E-state index in [9.17, 15) is 9.59 Å². The Morgan fingerprint density at radius 3 is 2.57 bits per heavy atom. The first-order valence-corrected chi connectivity index (χ1v) is 10.0. The molecule has 0 fully saturated rings. The van der Waals surface area contributed by atoms with Crippen molar-refractivity contribution in [3.8, 4) is 5.75 Å². The molecule has 7 heteroatoms. The van der Waals surface area contributed by atoms with Crippen LogP contribution < -0.4 is 4.74 Å². The Morgan fingerprint density at radius 2 is 1.93 bits per heavy atom. The molecule has 2 aromatic rings. The average molecular weight is 510 g/mol. The molecule has 0 atom stereocenters. The Labute approximate surface area is 181 Å². The maximum absolute atomic E-state index is 12.3. The molecule has 1 aliphatic rings. The van der Waals surface area contributed by atoms with Gasteiger partial charge in [-0.15, -0.1) is 0 Å². The summed E-state index contributed by atoms with van der Waals surface area (Å²) in [6.45, 7) is 5.44. The number of ether oxygens (including phenoxy) is 2. The van der Waals surface area contributed by atoms with Gasteiger partial charge in [-0.05, 0) is 89.5 Å². The van der Waals surface area contributed by atoms with Crippen LogP contribution in [-0.4, -0.2) is 17.8 Å². The number of hydrogen-bond acceptors (Lipinski definition) is 5. The Morgan fingerprint density at radius 1 is 1.25 bits per heavy atom. The molecule has 3 rings (SSSR count). The van der Waals surface area contributed by atoms with Gasteiger partial charge < -0.3 is 9.47 Å². The molecule has 0 saturated carbocycles. The van der Waals surface area contributed by atoms with Crippen LogP contribution in [0.25, 0.3) is 6.08 Å². The number of aliphatic imine (C=N–C) groups is 1. The highest BCUT2D eigenvalue weighted by Crippen LogP contribution is 2.29. The minimum absolute atomic E-state index is 0.182. The van der Waals surface area contributed by atoms with E-state index in [1.807, 2.05) is 38.1 Å². The van der Waals surface area contributed by atoms with Crippen LogP contribution >= 0.6 is 34.2 Å². The molecular weight excluding hydrogens is 493 g/mol. The number of nitrogens with zero attached hydrogens (tertiary/aromatic N) is 1. The number of cyclic esters (lactones) is 1. The van der Waals surface area contributed by atoms with Gasteiger partial charge in [-0.25, -0.2) is 9.79 Å². The lowest BCUT2D eigenvalue weighted by Crippen LogP contribution is -2.08. The van der Waals surface area contributed by atoms with Gasteiger partial charge in [-0.3, -0.25) is 4.79 Å². The monoisotopic (exact) mass is 509 g/mol. The van der Waals surface area contributed by atoms with Crippen LogP contribution in [0.4, 0.5) is 0 Å². The highest BCUT2D eigenvalue weighted by molar-refractivity contribution is 14.1. The third-order valence-electron chi connectivity index (χ3n) is 4.07. The van der Waals surface area contributed by atoms with Crippen LogP contribution in [0, 0.1) is 17.4 Å². The van der Waals surface area contributed by atoms with Gasteiger partial charge in [0.15, 0.2) is 5.70 Å². The van der Waals surface area contributed by atoms with Crippen LogP contribution in [0.3, 0.4) is 0 Å². The summed E-state index contributed by atoms with van der Waals surface area (Å²) in [4.78, 5) is 28.2. The predicted molar refractivity (Wildman–Crippen MR) is 117 cm³/mol. The summed E-state index contributed by atoms with van der Waals surface area (Å²) in [7, 11) is 0. The molecule has 0 spiro atoms. The van der Waals surface area contributed by atoms with E-state index in [2.05, 4.69) is 27.6 Å². The maximum atomic E-state index is 12.3. The lowest BCUT2D eigenvalue weighted by molar-refractivity contribution is -0.134. The fraction of sp³-hybridized carbons (Fsp3) is 0.190. The molecule has 1 aliphatic heterocycles. The van der Waals surface area contributed by atoms with E-state index >= 15 is 0 Å². The smallest absolute Gasteiger partial charge is 0.363 e. The molecule has 28 heavy (non-hydrogen) atoms. The van der Waals surface area contributed by atoms with Crippen molar-refractivity contribution in [3.05, 3.63) is 66.9 Å². The summed E-state index contributed by atoms with van der Waals surface area (Å²) in [6.07, 6.45) is 1.94. The zero-order chi connectivity index (χ0) is 20.4. The summed E-state index contributed by atoms with van der Waals surface area (Å²) in [5.41, 5.74) is 3.10. The summed E-state index contributed by atoms with van der Waals surface area (Å²) in [6, 6.07) is 9.07. The van der Waals surface area contributed by atoms with Crippen molar-refractivity contribution in [2.45, 2.75) is 27.2 Å². The highest BCUT2D eigenvalue weighted by atomic mass is 127. The molecular formula is C21H17ClINO4. The first-order valence-electron chi connectivity index (χ1n) is 8.58. The fourth-order valence-corrected chi connectivity index (χ4v) is 3.45. The summed E-state index contributed by atoms with van der Waals surface area (Å²) >= 11 is 8.36. The normalized spacial score (nSPS) is 14.8. The largest absolute Gasteiger partial charge is 0.426 e. The SMILES string of the molecule is CCC(=O)Oc1c(C)cc(/C=C2\N=C(c3cc(I)ccc3Cl)OC2=O)cc1C. The average Bonchev–Trinajstić information content (AvgIpc) is 3.00. The van der Waals surface area contributed by atoms with Gasteiger partial charge in [-0.2, -0.15) is 0 Å². The second-order valence-electron chi connectivity index (χ2n) is 6.27. The van der Waals surface area contributed by atoms with Crippen molar-refractivity contribution in [1.82, 2.24) is 0 Å². The van der Waals surface area contributed by atoms with E-state index < -0.39 is 5.97 Å². The first kappa shape index (κ1) is 20.5. The van der Waals surface area contributed by atoms with Crippen molar-refractivity contribution in [1.29, 1.82) is 0 Å². The molecule has 144 valence electrons. The zero-order valence-corrected chi connectivity index (χ0v) is 18.4. The molecule has 0 radical (unpaired) electrons. The molecule has 0 saturated heterocycles. The van der Waals surface area contributed by atoms with Gasteiger partial charge in [0.2, 0.25) is 5.90 Å². The van der Waals surface area contributed by atoms with Gasteiger partial charge >= 0.3 is 11.9 Å². The number of carbonyl (C=O) groups is 2. The third-order valence-corrected chi connectivity index (χ3v) is 5.07. The molecule has 0 amide bonds. The maximum Gasteiger partial charge on any atom is 0.363 e. The second kappa shape index (κ2) is 8.45. The van der Waals surface area contributed by atoms with Gasteiger partial charge in [0.05, 0.1) is 10.6 Å². The molecule has 0 unspecified atom stereocenters. The molecule has 0 N–H and O–H groups in total. The first-order chi connectivity index (χ1) is 13.3. The van der Waals surface area contributed by atoms with Crippen LogP contribution in [0.15, 0.2) is 41.0 Å². The molecule has 0 aromatic heterocycles. The molecule has 0 bridgehead atoms. The minimum atomic E-state index is -0.540. The van der Waals surface area contributed by atoms with E-state index in [0.717, 1.165) is 20.3 Å². The summed E-state index contributed by atoms with van der Waals surface area (Å²) < 4.78 is 11.6. The number of carbonyl (C=O) groups excluding carboxylic acids is 2. The lowest BCUT2D eigenvalue weighted by Gasteiger charge is -2.11. The summed E-state index contributed by atoms with van der Waals surface area (Å²) in [5.74, 6) is -0.110. The predicted octanol–water partition coefficient (Wildman–Crippen LogP) is 5.22. The quantitative estimate of drug-likeness (QED) is 0.245. The Hall–Kier alpha value is -2.19. The van der Waals surface area contributed by atoms with Crippen LogP contribution in [0.1, 0.15) is 35.6 Å². The Kier molecular flexibility index (Phi) is 6.20. The van der Waals surface area contributed by atoms with Crippen molar-refractivity contribution in [3.63, 3.8) is 0 Å². The van der Waals surface area contributed by atoms with Crippen LogP contribution in [0.5, 0.6) is 5.75 Å². The van der Waals surface area contributed by atoms with Crippen LogP contribution in [0.2, 0.25) is 5.02 Å². The molecule has 0 aliphatic carbocycles. The fourth-order valence-electron chi connectivity index (χ4n) is 2.76. The van der Waals surface area contributed by atoms with E-state index in [-0.39, 0.29) is 17.6 Å². The van der Waals surface area contributed by atoms with Gasteiger partial charge in [0, 0.05) is 9.99 Å². The topological polar surface area (TPSA) is 65.0 Å². The summed E-state index contributed by atoms with van der Waals surface area (Å²) in [5, 5.41) is 0.460. The zero-order valence-electron chi connectivity index (χ0n) is 15.5.